The fourth-order valence-corrected chi connectivity index (χ4v) is 4.64. The zero-order chi connectivity index (χ0) is 24.2. The van der Waals surface area contributed by atoms with Crippen molar-refractivity contribution in [1.29, 1.82) is 0 Å². The van der Waals surface area contributed by atoms with Crippen molar-refractivity contribution in [1.82, 2.24) is 15.2 Å². The zero-order valence-electron chi connectivity index (χ0n) is 19.8. The number of nitrogens with zero attached hydrogens (tertiary/aromatic N) is 3. The van der Waals surface area contributed by atoms with Crippen molar-refractivity contribution in [2.45, 2.75) is 31.0 Å². The van der Waals surface area contributed by atoms with Gasteiger partial charge in [0, 0.05) is 17.0 Å². The van der Waals surface area contributed by atoms with Gasteiger partial charge in [-0.15, -0.1) is 10.2 Å². The van der Waals surface area contributed by atoms with Gasteiger partial charge in [0.1, 0.15) is 0 Å². The van der Waals surface area contributed by atoms with E-state index in [9.17, 15) is 0 Å². The Kier molecular flexibility index (Phi) is 6.72. The first-order chi connectivity index (χ1) is 17.2. The average Bonchev–Trinajstić information content (AvgIpc) is 3.05. The minimum atomic E-state index is -0.570. The molecule has 0 spiro atoms. The zero-order valence-corrected chi connectivity index (χ0v) is 20.6. The van der Waals surface area contributed by atoms with Gasteiger partial charge >= 0.3 is 0 Å². The summed E-state index contributed by atoms with van der Waals surface area (Å²) in [7, 11) is 1.63. The lowest BCUT2D eigenvalue weighted by Crippen LogP contribution is -2.18. The van der Waals surface area contributed by atoms with E-state index in [1.54, 1.807) is 7.11 Å². The van der Waals surface area contributed by atoms with E-state index >= 15 is 0 Å². The van der Waals surface area contributed by atoms with Gasteiger partial charge in [0.15, 0.2) is 17.2 Å². The van der Waals surface area contributed by atoms with Crippen LogP contribution in [0, 0.1) is 6.92 Å². The molecule has 2 heterocycles. The van der Waals surface area contributed by atoms with Crippen LogP contribution < -0.4 is 19.5 Å². The summed E-state index contributed by atoms with van der Waals surface area (Å²) in [5.41, 5.74) is 5.57. The van der Waals surface area contributed by atoms with E-state index in [-0.39, 0.29) is 0 Å². The molecule has 5 rings (SSSR count). The third-order valence-corrected chi connectivity index (χ3v) is 6.53. The Balaban J connectivity index is 1.51. The van der Waals surface area contributed by atoms with Crippen LogP contribution in [0.4, 0.5) is 5.69 Å². The van der Waals surface area contributed by atoms with Gasteiger partial charge < -0.3 is 19.5 Å². The molecule has 0 saturated carbocycles. The number of rotatable bonds is 7. The minimum Gasteiger partial charge on any atom is -0.492 e. The summed E-state index contributed by atoms with van der Waals surface area (Å²) in [6, 6.07) is 22.1. The molecule has 1 atom stereocenters. The Bertz CT molecular complexity index is 1330. The average molecular weight is 487 g/mol. The SMILES string of the molecule is CCOc1cccc([C@H]2Nc3ccccc3-c3nnc(SCc4ccc(C)cc4)nc3O2)c1OC. The smallest absolute Gasteiger partial charge is 0.247 e. The maximum absolute atomic E-state index is 6.44. The molecule has 0 aliphatic carbocycles. The summed E-state index contributed by atoms with van der Waals surface area (Å²) in [6.07, 6.45) is -0.570. The number of thioether (sulfide) groups is 1. The van der Waals surface area contributed by atoms with Crippen LogP contribution in [-0.2, 0) is 5.75 Å². The number of hydrogen-bond acceptors (Lipinski definition) is 8. The molecule has 3 aromatic carbocycles. The van der Waals surface area contributed by atoms with Gasteiger partial charge in [-0.25, -0.2) is 0 Å². The highest BCUT2D eigenvalue weighted by Crippen LogP contribution is 2.43. The van der Waals surface area contributed by atoms with Crippen LogP contribution in [0.15, 0.2) is 71.9 Å². The fourth-order valence-electron chi connectivity index (χ4n) is 3.91. The van der Waals surface area contributed by atoms with E-state index < -0.39 is 6.23 Å². The number of aromatic nitrogens is 3. The van der Waals surface area contributed by atoms with E-state index in [1.807, 2.05) is 49.4 Å². The molecule has 35 heavy (non-hydrogen) atoms. The predicted octanol–water partition coefficient (Wildman–Crippen LogP) is 6.05. The lowest BCUT2D eigenvalue weighted by molar-refractivity contribution is 0.217. The molecule has 1 aromatic heterocycles. The normalized spacial score (nSPS) is 14.1. The first-order valence-corrected chi connectivity index (χ1v) is 12.4. The molecular weight excluding hydrogens is 460 g/mol. The van der Waals surface area contributed by atoms with Crippen molar-refractivity contribution >= 4 is 17.4 Å². The van der Waals surface area contributed by atoms with Crippen molar-refractivity contribution in [3.63, 3.8) is 0 Å². The molecule has 1 N–H and O–H groups in total. The molecule has 8 heteroatoms. The van der Waals surface area contributed by atoms with Gasteiger partial charge in [-0.3, -0.25) is 0 Å². The first-order valence-electron chi connectivity index (χ1n) is 11.4. The van der Waals surface area contributed by atoms with Crippen LogP contribution in [0.5, 0.6) is 17.4 Å². The van der Waals surface area contributed by atoms with Crippen molar-refractivity contribution < 1.29 is 14.2 Å². The number of nitrogens with one attached hydrogen (secondary N) is 1. The van der Waals surface area contributed by atoms with Crippen LogP contribution in [0.1, 0.15) is 29.8 Å². The summed E-state index contributed by atoms with van der Waals surface area (Å²) in [5.74, 6) is 2.43. The maximum atomic E-state index is 6.44. The standard InChI is InChI=1S/C27H26N4O3S/c1-4-33-22-11-7-9-20(24(22)32-3)25-28-21-10-6-5-8-19(21)23-26(34-25)29-27(31-30-23)35-16-18-14-12-17(2)13-15-18/h5-15,25,28H,4,16H2,1-3H3/t25-/m0/s1. The Hall–Kier alpha value is -3.78. The molecular formula is C27H26N4O3S. The third kappa shape index (κ3) is 4.88. The van der Waals surface area contributed by atoms with E-state index in [4.69, 9.17) is 19.2 Å². The molecule has 0 radical (unpaired) electrons. The van der Waals surface area contributed by atoms with E-state index in [2.05, 4.69) is 46.7 Å². The van der Waals surface area contributed by atoms with E-state index in [0.717, 1.165) is 22.6 Å². The second-order valence-corrected chi connectivity index (χ2v) is 8.96. The van der Waals surface area contributed by atoms with Gasteiger partial charge in [0.05, 0.1) is 19.3 Å². The number of aryl methyl sites for hydroxylation is 1. The predicted molar refractivity (Wildman–Crippen MR) is 137 cm³/mol. The highest BCUT2D eigenvalue weighted by Gasteiger charge is 2.29. The van der Waals surface area contributed by atoms with Crippen molar-refractivity contribution in [2.75, 3.05) is 19.0 Å². The second kappa shape index (κ2) is 10.2. The van der Waals surface area contributed by atoms with Crippen LogP contribution in [-0.4, -0.2) is 28.9 Å². The highest BCUT2D eigenvalue weighted by molar-refractivity contribution is 7.98. The summed E-state index contributed by atoms with van der Waals surface area (Å²) in [6.45, 7) is 4.55. The Labute approximate surface area is 208 Å². The van der Waals surface area contributed by atoms with E-state index in [1.165, 1.54) is 22.9 Å². The van der Waals surface area contributed by atoms with Crippen LogP contribution in [0.2, 0.25) is 0 Å². The molecule has 4 aromatic rings. The number of benzene rings is 3. The quantitative estimate of drug-likeness (QED) is 0.316. The number of methoxy groups -OCH3 is 1. The maximum Gasteiger partial charge on any atom is 0.247 e. The summed E-state index contributed by atoms with van der Waals surface area (Å²) < 4.78 is 17.9. The number of fused-ring (bicyclic) bond motifs is 3. The van der Waals surface area contributed by atoms with Gasteiger partial charge in [-0.05, 0) is 37.6 Å². The Morgan fingerprint density at radius 2 is 1.83 bits per heavy atom. The van der Waals surface area contributed by atoms with Crippen molar-refractivity contribution in [2.24, 2.45) is 0 Å². The molecule has 1 aliphatic heterocycles. The van der Waals surface area contributed by atoms with Crippen molar-refractivity contribution in [3.05, 3.63) is 83.4 Å². The second-order valence-electron chi connectivity index (χ2n) is 8.02. The van der Waals surface area contributed by atoms with Crippen LogP contribution >= 0.6 is 11.8 Å². The summed E-state index contributed by atoms with van der Waals surface area (Å²) in [4.78, 5) is 4.75. The lowest BCUT2D eigenvalue weighted by atomic mass is 10.1. The molecule has 0 unspecified atom stereocenters. The first kappa shape index (κ1) is 23.0. The van der Waals surface area contributed by atoms with Crippen LogP contribution in [0.3, 0.4) is 0 Å². The lowest BCUT2D eigenvalue weighted by Gasteiger charge is -2.22. The topological polar surface area (TPSA) is 78.4 Å². The molecule has 178 valence electrons. The van der Waals surface area contributed by atoms with Gasteiger partial charge in [-0.2, -0.15) is 4.98 Å². The van der Waals surface area contributed by atoms with Crippen molar-refractivity contribution in [3.8, 4) is 28.6 Å². The third-order valence-electron chi connectivity index (χ3n) is 5.62. The number of hydrogen-bond donors (Lipinski definition) is 1. The molecule has 0 saturated heterocycles. The Morgan fingerprint density at radius 1 is 1.00 bits per heavy atom. The molecule has 0 bridgehead atoms. The number of para-hydroxylation sites is 2. The fraction of sp³-hybridized carbons (Fsp3) is 0.222. The molecule has 1 aliphatic rings. The minimum absolute atomic E-state index is 0.415. The Morgan fingerprint density at radius 3 is 2.63 bits per heavy atom. The molecule has 7 nitrogen and oxygen atoms in total. The number of anilines is 1. The highest BCUT2D eigenvalue weighted by atomic mass is 32.2. The van der Waals surface area contributed by atoms with Gasteiger partial charge in [-0.1, -0.05) is 65.9 Å². The van der Waals surface area contributed by atoms with Crippen LogP contribution in [0.25, 0.3) is 11.3 Å². The monoisotopic (exact) mass is 486 g/mol. The van der Waals surface area contributed by atoms with Gasteiger partial charge in [0.2, 0.25) is 17.3 Å². The molecule has 0 amide bonds. The molecule has 0 fully saturated rings. The number of ether oxygens (including phenoxy) is 3. The largest absolute Gasteiger partial charge is 0.492 e. The summed E-state index contributed by atoms with van der Waals surface area (Å²) >= 11 is 1.52. The summed E-state index contributed by atoms with van der Waals surface area (Å²) in [5, 5.41) is 12.9. The van der Waals surface area contributed by atoms with E-state index in [0.29, 0.717) is 34.8 Å². The van der Waals surface area contributed by atoms with Gasteiger partial charge in [0.25, 0.3) is 0 Å².